The van der Waals surface area contributed by atoms with Crippen molar-refractivity contribution < 1.29 is 0 Å². The average molecular weight is 281 g/mol. The first kappa shape index (κ1) is 13.1. The molecule has 0 saturated carbocycles. The molecule has 0 aliphatic heterocycles. The van der Waals surface area contributed by atoms with Crippen LogP contribution in [0.4, 0.5) is 11.4 Å². The Morgan fingerprint density at radius 1 is 1.11 bits per heavy atom. The zero-order valence-electron chi connectivity index (χ0n) is 10.0. The fourth-order valence-corrected chi connectivity index (χ4v) is 2.30. The summed E-state index contributed by atoms with van der Waals surface area (Å²) < 4.78 is 0. The zero-order chi connectivity index (χ0) is 13.1. The highest BCUT2D eigenvalue weighted by Crippen LogP contribution is 2.26. The minimum absolute atomic E-state index is 0.587. The van der Waals surface area contributed by atoms with Crippen molar-refractivity contribution >= 4 is 34.6 Å². The Hall–Kier alpha value is -1.38. The van der Waals surface area contributed by atoms with Crippen molar-refractivity contribution in [3.8, 4) is 0 Å². The first-order chi connectivity index (χ1) is 8.58. The fourth-order valence-electron chi connectivity index (χ4n) is 1.77. The number of benzene rings is 2. The minimum Gasteiger partial charge on any atom is -0.399 e. The predicted molar refractivity (Wildman–Crippen MR) is 79.4 cm³/mol. The molecule has 3 N–H and O–H groups in total. The maximum absolute atomic E-state index is 6.12. The van der Waals surface area contributed by atoms with Crippen molar-refractivity contribution in [1.82, 2.24) is 0 Å². The lowest BCUT2D eigenvalue weighted by atomic mass is 10.1. The summed E-state index contributed by atoms with van der Waals surface area (Å²) in [7, 11) is 0. The Labute approximate surface area is 117 Å². The molecule has 0 atom stereocenters. The largest absolute Gasteiger partial charge is 0.399 e. The highest BCUT2D eigenvalue weighted by Gasteiger charge is 2.05. The van der Waals surface area contributed by atoms with Crippen molar-refractivity contribution in [2.24, 2.45) is 0 Å². The molecule has 0 heterocycles. The van der Waals surface area contributed by atoms with Crippen LogP contribution in [0.25, 0.3) is 0 Å². The third-order valence-electron chi connectivity index (χ3n) is 2.77. The van der Waals surface area contributed by atoms with E-state index in [0.717, 1.165) is 22.5 Å². The smallest absolute Gasteiger partial charge is 0.0470 e. The number of rotatable bonds is 3. The monoisotopic (exact) mass is 280 g/mol. The molecule has 2 nitrogen and oxygen atoms in total. The Morgan fingerprint density at radius 2 is 1.78 bits per heavy atom. The summed E-state index contributed by atoms with van der Waals surface area (Å²) in [5.41, 5.74) is 9.49. The van der Waals surface area contributed by atoms with Crippen LogP contribution < -0.4 is 11.1 Å². The van der Waals surface area contributed by atoms with Crippen molar-refractivity contribution in [3.63, 3.8) is 0 Å². The van der Waals surface area contributed by atoms with Crippen LogP contribution in [0.2, 0.25) is 10.0 Å². The van der Waals surface area contributed by atoms with E-state index in [0.29, 0.717) is 16.6 Å². The number of hydrogen-bond acceptors (Lipinski definition) is 2. The minimum atomic E-state index is 0.587. The van der Waals surface area contributed by atoms with Gasteiger partial charge in [-0.2, -0.15) is 0 Å². The van der Waals surface area contributed by atoms with E-state index in [4.69, 9.17) is 28.9 Å². The van der Waals surface area contributed by atoms with Gasteiger partial charge < -0.3 is 11.1 Å². The van der Waals surface area contributed by atoms with Gasteiger partial charge in [-0.15, -0.1) is 0 Å². The molecule has 2 aromatic carbocycles. The summed E-state index contributed by atoms with van der Waals surface area (Å²) >= 11 is 12.2. The van der Waals surface area contributed by atoms with Crippen LogP contribution in [0.1, 0.15) is 11.1 Å². The molecule has 0 bridgehead atoms. The molecule has 4 heteroatoms. The molecule has 0 aliphatic rings. The molecule has 18 heavy (non-hydrogen) atoms. The quantitative estimate of drug-likeness (QED) is 0.813. The highest BCUT2D eigenvalue weighted by atomic mass is 35.5. The summed E-state index contributed by atoms with van der Waals surface area (Å²) in [6.07, 6.45) is 0. The summed E-state index contributed by atoms with van der Waals surface area (Å²) in [6.45, 7) is 2.59. The van der Waals surface area contributed by atoms with Gasteiger partial charge in [-0.1, -0.05) is 29.3 Å². The van der Waals surface area contributed by atoms with Crippen LogP contribution in [0.15, 0.2) is 36.4 Å². The second-order valence-corrected chi connectivity index (χ2v) is 4.94. The van der Waals surface area contributed by atoms with Crippen molar-refractivity contribution in [2.75, 3.05) is 11.1 Å². The summed E-state index contributed by atoms with van der Waals surface area (Å²) in [6, 6.07) is 11.2. The van der Waals surface area contributed by atoms with E-state index >= 15 is 0 Å². The lowest BCUT2D eigenvalue weighted by molar-refractivity contribution is 1.14. The molecule has 2 aromatic rings. The predicted octanol–water partition coefficient (Wildman–Crippen LogP) is 4.50. The second-order valence-electron chi connectivity index (χ2n) is 4.13. The van der Waals surface area contributed by atoms with Gasteiger partial charge in [0.1, 0.15) is 0 Å². The van der Waals surface area contributed by atoms with Crippen LogP contribution >= 0.6 is 23.2 Å². The van der Waals surface area contributed by atoms with E-state index in [1.807, 2.05) is 43.3 Å². The Kier molecular flexibility index (Phi) is 4.00. The third-order valence-corrected chi connectivity index (χ3v) is 3.48. The van der Waals surface area contributed by atoms with E-state index in [1.54, 1.807) is 0 Å². The highest BCUT2D eigenvalue weighted by molar-refractivity contribution is 6.36. The van der Waals surface area contributed by atoms with Gasteiger partial charge in [0.15, 0.2) is 0 Å². The van der Waals surface area contributed by atoms with Gasteiger partial charge in [-0.3, -0.25) is 0 Å². The van der Waals surface area contributed by atoms with E-state index in [1.165, 1.54) is 0 Å². The van der Waals surface area contributed by atoms with Crippen molar-refractivity contribution in [2.45, 2.75) is 13.5 Å². The van der Waals surface area contributed by atoms with Crippen LogP contribution in [0.3, 0.4) is 0 Å². The Bertz CT molecular complexity index is 547. The normalized spacial score (nSPS) is 10.4. The standard InChI is InChI=1S/C14H14Cl2N2/c1-9-7-10(17)5-6-14(9)18-8-11-12(15)3-2-4-13(11)16/h2-7,18H,8,17H2,1H3. The first-order valence-electron chi connectivity index (χ1n) is 5.61. The third kappa shape index (κ3) is 2.89. The number of halogens is 2. The number of hydrogen-bond donors (Lipinski definition) is 2. The molecule has 0 spiro atoms. The van der Waals surface area contributed by atoms with Gasteiger partial charge in [-0.05, 0) is 42.8 Å². The van der Waals surface area contributed by atoms with E-state index < -0.39 is 0 Å². The number of aryl methyl sites for hydroxylation is 1. The molecule has 2 rings (SSSR count). The lowest BCUT2D eigenvalue weighted by Crippen LogP contribution is -2.02. The molecule has 0 amide bonds. The zero-order valence-corrected chi connectivity index (χ0v) is 11.5. The fraction of sp³-hybridized carbons (Fsp3) is 0.143. The SMILES string of the molecule is Cc1cc(N)ccc1NCc1c(Cl)cccc1Cl. The topological polar surface area (TPSA) is 38.0 Å². The number of anilines is 2. The van der Waals surface area contributed by atoms with Gasteiger partial charge in [0, 0.05) is 33.5 Å². The van der Waals surface area contributed by atoms with Gasteiger partial charge in [-0.25, -0.2) is 0 Å². The van der Waals surface area contributed by atoms with E-state index in [2.05, 4.69) is 5.32 Å². The van der Waals surface area contributed by atoms with Crippen LogP contribution in [-0.2, 0) is 6.54 Å². The van der Waals surface area contributed by atoms with Gasteiger partial charge >= 0.3 is 0 Å². The van der Waals surface area contributed by atoms with Gasteiger partial charge in [0.25, 0.3) is 0 Å². The van der Waals surface area contributed by atoms with Gasteiger partial charge in [0.2, 0.25) is 0 Å². The number of nitrogen functional groups attached to an aromatic ring is 1. The van der Waals surface area contributed by atoms with Crippen LogP contribution in [-0.4, -0.2) is 0 Å². The molecular weight excluding hydrogens is 267 g/mol. The Balaban J connectivity index is 2.16. The summed E-state index contributed by atoms with van der Waals surface area (Å²) in [4.78, 5) is 0. The van der Waals surface area contributed by atoms with Crippen molar-refractivity contribution in [3.05, 3.63) is 57.6 Å². The maximum atomic E-state index is 6.12. The lowest BCUT2D eigenvalue weighted by Gasteiger charge is -2.12. The average Bonchev–Trinajstić information content (AvgIpc) is 2.31. The number of nitrogens with two attached hydrogens (primary N) is 1. The van der Waals surface area contributed by atoms with Crippen LogP contribution in [0, 0.1) is 6.92 Å². The second kappa shape index (κ2) is 5.51. The van der Waals surface area contributed by atoms with Crippen molar-refractivity contribution in [1.29, 1.82) is 0 Å². The molecule has 0 aliphatic carbocycles. The first-order valence-corrected chi connectivity index (χ1v) is 6.36. The van der Waals surface area contributed by atoms with Gasteiger partial charge in [0.05, 0.1) is 0 Å². The molecule has 0 radical (unpaired) electrons. The molecule has 0 aromatic heterocycles. The molecular formula is C14H14Cl2N2. The molecule has 0 fully saturated rings. The van der Waals surface area contributed by atoms with E-state index in [9.17, 15) is 0 Å². The maximum Gasteiger partial charge on any atom is 0.0470 e. The van der Waals surface area contributed by atoms with E-state index in [-0.39, 0.29) is 0 Å². The molecule has 94 valence electrons. The molecule has 0 saturated heterocycles. The van der Waals surface area contributed by atoms with Crippen LogP contribution in [0.5, 0.6) is 0 Å². The Morgan fingerprint density at radius 3 is 2.39 bits per heavy atom. The summed E-state index contributed by atoms with van der Waals surface area (Å²) in [5, 5.41) is 4.65. The number of nitrogens with one attached hydrogen (secondary N) is 1. The molecule has 0 unspecified atom stereocenters. The summed E-state index contributed by atoms with van der Waals surface area (Å²) in [5.74, 6) is 0.